The van der Waals surface area contributed by atoms with Crippen LogP contribution in [0.25, 0.3) is 11.1 Å². The SMILES string of the molecule is C.CC.CC.C[CH-]C1=CC=C(c2ccc3c(c2)CCc2cc(C4=CC=C(C(C)C(C)C)C4)ccc2CC3)C1.[CH3-].[CH3-].[W].[Y+3]. The molecule has 0 radical (unpaired) electrons. The van der Waals surface area contributed by atoms with Gasteiger partial charge in [0.05, 0.1) is 0 Å². The maximum atomic E-state index is 2.50. The molecule has 2 aromatic rings. The topological polar surface area (TPSA) is 0 Å². The molecule has 2 aromatic carbocycles. The summed E-state index contributed by atoms with van der Waals surface area (Å²) in [5.74, 6) is 1.36. The molecule has 228 valence electrons. The first-order valence-corrected chi connectivity index (χ1v) is 14.8. The number of hydrogen-bond donors (Lipinski definition) is 0. The van der Waals surface area contributed by atoms with Gasteiger partial charge in [-0.25, -0.2) is 18.1 Å². The first-order valence-electron chi connectivity index (χ1n) is 14.8. The molecular formula is C40H59WY. The van der Waals surface area contributed by atoms with Crippen molar-refractivity contribution in [2.75, 3.05) is 0 Å². The fourth-order valence-corrected chi connectivity index (χ4v) is 5.57. The van der Waals surface area contributed by atoms with E-state index in [1.807, 2.05) is 27.7 Å². The van der Waals surface area contributed by atoms with Crippen molar-refractivity contribution < 1.29 is 53.8 Å². The van der Waals surface area contributed by atoms with Crippen LogP contribution in [0, 0.1) is 33.1 Å². The molecule has 3 aliphatic rings. The van der Waals surface area contributed by atoms with Crippen molar-refractivity contribution in [2.24, 2.45) is 11.8 Å². The molecule has 0 saturated carbocycles. The molecule has 0 nitrogen and oxygen atoms in total. The van der Waals surface area contributed by atoms with Gasteiger partial charge >= 0.3 is 32.7 Å². The van der Waals surface area contributed by atoms with E-state index in [1.54, 1.807) is 22.3 Å². The van der Waals surface area contributed by atoms with E-state index in [4.69, 9.17) is 0 Å². The van der Waals surface area contributed by atoms with E-state index in [2.05, 4.69) is 94.8 Å². The Balaban J connectivity index is -0.00000162. The van der Waals surface area contributed by atoms with Gasteiger partial charge in [0, 0.05) is 21.1 Å². The molecule has 3 aliphatic carbocycles. The summed E-state index contributed by atoms with van der Waals surface area (Å²) in [7, 11) is 0. The third-order valence-corrected chi connectivity index (χ3v) is 8.22. The molecule has 1 atom stereocenters. The monoisotopic (exact) mass is 812 g/mol. The van der Waals surface area contributed by atoms with Crippen LogP contribution in [0.15, 0.2) is 71.8 Å². The summed E-state index contributed by atoms with van der Waals surface area (Å²) in [5.41, 5.74) is 15.0. The molecule has 0 aliphatic heterocycles. The minimum atomic E-state index is 0. The van der Waals surface area contributed by atoms with Crippen LogP contribution in [0.3, 0.4) is 0 Å². The summed E-state index contributed by atoms with van der Waals surface area (Å²) >= 11 is 0. The number of allylic oxidation sites excluding steroid dienone is 8. The van der Waals surface area contributed by atoms with Gasteiger partial charge < -0.3 is 14.9 Å². The number of rotatable bonds is 5. The fraction of sp³-hybridized carbons (Fsp3) is 0.425. The van der Waals surface area contributed by atoms with E-state index in [0.29, 0.717) is 11.8 Å². The maximum absolute atomic E-state index is 2.50. The van der Waals surface area contributed by atoms with Gasteiger partial charge in [-0.1, -0.05) is 116 Å². The number of hydrogen-bond acceptors (Lipinski definition) is 0. The molecule has 2 heteroatoms. The average molecular weight is 813 g/mol. The standard InChI is InChI=1S/C33H37.2C2H6.CH4.2CH3.W.Y/c1-5-24-6-7-28(18-24)32-13-10-25-8-9-26-11-14-33(21-30(26)17-16-29(25)20-32)31-15-12-27(19-31)23(4)22(2)3;2*1-2;;;;;/h5-7,10-15,20-23H,8-9,16-19H2,1-4H3;2*1-2H3;1H4;2*1H3;;/q-1;;;;2*-1;;+3. The Labute approximate surface area is 302 Å². The molecule has 0 fully saturated rings. The maximum Gasteiger partial charge on any atom is 3.00 e. The summed E-state index contributed by atoms with van der Waals surface area (Å²) in [5, 5.41) is 0. The van der Waals surface area contributed by atoms with Gasteiger partial charge in [-0.05, 0) is 89.3 Å². The van der Waals surface area contributed by atoms with Crippen LogP contribution in [-0.4, -0.2) is 0 Å². The van der Waals surface area contributed by atoms with Gasteiger partial charge in [0.15, 0.2) is 0 Å². The van der Waals surface area contributed by atoms with E-state index in [9.17, 15) is 0 Å². The average Bonchev–Trinajstić information content (AvgIpc) is 3.62. The van der Waals surface area contributed by atoms with Crippen LogP contribution in [0.5, 0.6) is 0 Å². The second-order valence-electron chi connectivity index (χ2n) is 10.5. The van der Waals surface area contributed by atoms with Crippen molar-refractivity contribution in [3.8, 4) is 0 Å². The number of aryl methyl sites for hydroxylation is 4. The first kappa shape index (κ1) is 45.5. The van der Waals surface area contributed by atoms with Crippen LogP contribution in [0.4, 0.5) is 0 Å². The minimum Gasteiger partial charge on any atom is -0.358 e. The van der Waals surface area contributed by atoms with Gasteiger partial charge in [-0.2, -0.15) is 0 Å². The summed E-state index contributed by atoms with van der Waals surface area (Å²) in [6.07, 6.45) is 18.3. The predicted molar refractivity (Wildman–Crippen MR) is 185 cm³/mol. The van der Waals surface area contributed by atoms with Crippen LogP contribution in [0.2, 0.25) is 0 Å². The van der Waals surface area contributed by atoms with Crippen molar-refractivity contribution in [1.82, 2.24) is 0 Å². The Hall–Kier alpha value is -0.938. The molecule has 0 N–H and O–H groups in total. The Kier molecular flexibility index (Phi) is 24.4. The zero-order valence-corrected chi connectivity index (χ0v) is 33.5. The second kappa shape index (κ2) is 22.6. The zero-order valence-electron chi connectivity index (χ0n) is 27.7. The summed E-state index contributed by atoms with van der Waals surface area (Å²) in [4.78, 5) is 0. The second-order valence-corrected chi connectivity index (χ2v) is 10.5. The van der Waals surface area contributed by atoms with Crippen molar-refractivity contribution in [3.05, 3.63) is 127 Å². The van der Waals surface area contributed by atoms with Gasteiger partial charge in [-0.3, -0.25) is 0 Å². The molecule has 0 heterocycles. The predicted octanol–water partition coefficient (Wildman–Crippen LogP) is 12.1. The third kappa shape index (κ3) is 11.2. The largest absolute Gasteiger partial charge is 3.00 e. The van der Waals surface area contributed by atoms with E-state index >= 15 is 0 Å². The smallest absolute Gasteiger partial charge is 0.358 e. The fourth-order valence-electron chi connectivity index (χ4n) is 5.57. The van der Waals surface area contributed by atoms with Crippen molar-refractivity contribution in [1.29, 1.82) is 0 Å². The van der Waals surface area contributed by atoms with E-state index < -0.39 is 0 Å². The molecule has 0 saturated heterocycles. The van der Waals surface area contributed by atoms with E-state index in [-0.39, 0.29) is 76.1 Å². The Bertz CT molecular complexity index is 1190. The Morgan fingerprint density at radius 3 is 1.48 bits per heavy atom. The van der Waals surface area contributed by atoms with Crippen molar-refractivity contribution in [2.45, 2.75) is 101 Å². The molecule has 0 amide bonds. The van der Waals surface area contributed by atoms with Crippen LogP contribution in [-0.2, 0) is 79.5 Å². The summed E-state index contributed by atoms with van der Waals surface area (Å²) in [6.45, 7) is 17.2. The van der Waals surface area contributed by atoms with Crippen LogP contribution in [0.1, 0.15) is 109 Å². The third-order valence-electron chi connectivity index (χ3n) is 8.22. The molecule has 0 bridgehead atoms. The first-order chi connectivity index (χ1) is 18.0. The van der Waals surface area contributed by atoms with E-state index in [0.717, 1.165) is 38.5 Å². The number of fused-ring (bicyclic) bond motifs is 2. The quantitative estimate of drug-likeness (QED) is 0.264. The number of benzene rings is 2. The molecule has 42 heavy (non-hydrogen) atoms. The molecule has 5 rings (SSSR count). The summed E-state index contributed by atoms with van der Waals surface area (Å²) < 4.78 is 0. The van der Waals surface area contributed by atoms with Gasteiger partial charge in [-0.15, -0.1) is 13.0 Å². The molecule has 1 unspecified atom stereocenters. The molecule has 0 aromatic heterocycles. The van der Waals surface area contributed by atoms with Gasteiger partial charge in [0.1, 0.15) is 0 Å². The minimum absolute atomic E-state index is 0. The summed E-state index contributed by atoms with van der Waals surface area (Å²) in [6, 6.07) is 14.5. The molecule has 0 spiro atoms. The molecular weight excluding hydrogens is 753 g/mol. The van der Waals surface area contributed by atoms with Gasteiger partial charge in [0.25, 0.3) is 0 Å². The van der Waals surface area contributed by atoms with Gasteiger partial charge in [0.2, 0.25) is 0 Å². The Morgan fingerprint density at radius 1 is 0.619 bits per heavy atom. The Morgan fingerprint density at radius 2 is 1.05 bits per heavy atom. The van der Waals surface area contributed by atoms with Crippen molar-refractivity contribution in [3.63, 3.8) is 0 Å². The zero-order chi connectivity index (χ0) is 26.9. The van der Waals surface area contributed by atoms with Crippen LogP contribution >= 0.6 is 0 Å². The van der Waals surface area contributed by atoms with Crippen LogP contribution < -0.4 is 0 Å². The van der Waals surface area contributed by atoms with E-state index in [1.165, 1.54) is 33.4 Å². The normalized spacial score (nSPS) is 14.8. The van der Waals surface area contributed by atoms with Crippen molar-refractivity contribution >= 4 is 11.1 Å².